The van der Waals surface area contributed by atoms with Gasteiger partial charge in [-0.15, -0.1) is 0 Å². The van der Waals surface area contributed by atoms with Gasteiger partial charge in [-0.25, -0.2) is 0 Å². The maximum atomic E-state index is 9.50. The molecular weight excluding hydrogens is 230 g/mol. The highest BCUT2D eigenvalue weighted by molar-refractivity contribution is 5.29. The summed E-state index contributed by atoms with van der Waals surface area (Å²) >= 11 is 0. The zero-order valence-electron chi connectivity index (χ0n) is 10.8. The molecule has 100 valence electrons. The number of rotatable bonds is 5. The average Bonchev–Trinajstić information content (AvgIpc) is 2.40. The van der Waals surface area contributed by atoms with Crippen molar-refractivity contribution in [2.45, 2.75) is 13.0 Å². The molecule has 0 aliphatic carbocycles. The molecule has 2 rings (SSSR count). The summed E-state index contributed by atoms with van der Waals surface area (Å²) in [6, 6.07) is 7.63. The molecule has 0 saturated carbocycles. The lowest BCUT2D eigenvalue weighted by Crippen LogP contribution is -2.38. The minimum atomic E-state index is -0.451. The summed E-state index contributed by atoms with van der Waals surface area (Å²) in [5, 5.41) is 9.50. The first-order valence-corrected chi connectivity index (χ1v) is 6.46. The number of benzene rings is 1. The Kier molecular flexibility index (Phi) is 4.99. The van der Waals surface area contributed by atoms with E-state index in [-0.39, 0.29) is 0 Å². The topological polar surface area (TPSA) is 41.9 Å². The van der Waals surface area contributed by atoms with E-state index in [1.807, 2.05) is 24.3 Å². The van der Waals surface area contributed by atoms with Gasteiger partial charge in [0.15, 0.2) is 0 Å². The van der Waals surface area contributed by atoms with Crippen LogP contribution >= 0.6 is 0 Å². The van der Waals surface area contributed by atoms with Crippen molar-refractivity contribution in [2.75, 3.05) is 39.5 Å². The van der Waals surface area contributed by atoms with Gasteiger partial charge in [0, 0.05) is 19.6 Å². The second-order valence-corrected chi connectivity index (χ2v) is 4.55. The molecule has 1 aliphatic rings. The summed E-state index contributed by atoms with van der Waals surface area (Å²) in [6.07, 6.45) is -0.451. The fourth-order valence-electron chi connectivity index (χ4n) is 1.98. The van der Waals surface area contributed by atoms with Crippen LogP contribution in [0.15, 0.2) is 24.3 Å². The lowest BCUT2D eigenvalue weighted by molar-refractivity contribution is 0.0322. The third kappa shape index (κ3) is 3.98. The van der Waals surface area contributed by atoms with Crippen LogP contribution in [-0.4, -0.2) is 49.5 Å². The van der Waals surface area contributed by atoms with Crippen LogP contribution in [-0.2, 0) is 4.74 Å². The molecule has 1 aliphatic heterocycles. The fraction of sp³-hybridized carbons (Fsp3) is 0.571. The van der Waals surface area contributed by atoms with Crippen LogP contribution < -0.4 is 4.74 Å². The molecule has 0 amide bonds. The number of ether oxygens (including phenoxy) is 2. The summed E-state index contributed by atoms with van der Waals surface area (Å²) in [4.78, 5) is 2.34. The van der Waals surface area contributed by atoms with Gasteiger partial charge >= 0.3 is 0 Å². The molecule has 4 heteroatoms. The van der Waals surface area contributed by atoms with Gasteiger partial charge in [-0.05, 0) is 24.6 Å². The molecule has 1 aromatic rings. The molecule has 0 bridgehead atoms. The third-order valence-corrected chi connectivity index (χ3v) is 3.12. The molecule has 1 N–H and O–H groups in total. The van der Waals surface area contributed by atoms with E-state index in [1.165, 1.54) is 0 Å². The van der Waals surface area contributed by atoms with E-state index >= 15 is 0 Å². The van der Waals surface area contributed by atoms with Gasteiger partial charge in [-0.3, -0.25) is 4.90 Å². The number of aliphatic hydroxyl groups is 1. The van der Waals surface area contributed by atoms with Crippen molar-refractivity contribution in [3.63, 3.8) is 0 Å². The van der Waals surface area contributed by atoms with Crippen LogP contribution in [0.1, 0.15) is 18.6 Å². The number of hydrogen-bond acceptors (Lipinski definition) is 4. The lowest BCUT2D eigenvalue weighted by Gasteiger charge is -2.26. The van der Waals surface area contributed by atoms with Gasteiger partial charge in [0.2, 0.25) is 0 Å². The third-order valence-electron chi connectivity index (χ3n) is 3.12. The molecule has 0 spiro atoms. The maximum absolute atomic E-state index is 9.50. The lowest BCUT2D eigenvalue weighted by atomic mass is 10.1. The normalized spacial score (nSPS) is 18.6. The van der Waals surface area contributed by atoms with E-state index < -0.39 is 6.10 Å². The quantitative estimate of drug-likeness (QED) is 0.860. The smallest absolute Gasteiger partial charge is 0.119 e. The minimum Gasteiger partial charge on any atom is -0.492 e. The van der Waals surface area contributed by atoms with Gasteiger partial charge < -0.3 is 14.6 Å². The Bertz CT molecular complexity index is 362. The first-order valence-electron chi connectivity index (χ1n) is 6.46. The molecule has 4 nitrogen and oxygen atoms in total. The molecule has 1 fully saturated rings. The predicted molar refractivity (Wildman–Crippen MR) is 69.8 cm³/mol. The SMILES string of the molecule is CC(O)c1cccc(OCCN2CCOCC2)c1. The number of aliphatic hydroxyl groups excluding tert-OH is 1. The second kappa shape index (κ2) is 6.73. The summed E-state index contributed by atoms with van der Waals surface area (Å²) in [5.74, 6) is 0.821. The van der Waals surface area contributed by atoms with Crippen molar-refractivity contribution in [1.29, 1.82) is 0 Å². The highest BCUT2D eigenvalue weighted by atomic mass is 16.5. The van der Waals surface area contributed by atoms with Crippen molar-refractivity contribution < 1.29 is 14.6 Å². The predicted octanol–water partition coefficient (Wildman–Crippen LogP) is 1.45. The Morgan fingerprint density at radius 3 is 2.89 bits per heavy atom. The van der Waals surface area contributed by atoms with Crippen molar-refractivity contribution in [2.24, 2.45) is 0 Å². The van der Waals surface area contributed by atoms with Crippen molar-refractivity contribution in [3.05, 3.63) is 29.8 Å². The van der Waals surface area contributed by atoms with Gasteiger partial charge in [-0.2, -0.15) is 0 Å². The van der Waals surface area contributed by atoms with Gasteiger partial charge in [-0.1, -0.05) is 12.1 Å². The molecule has 1 saturated heterocycles. The highest BCUT2D eigenvalue weighted by Crippen LogP contribution is 2.18. The van der Waals surface area contributed by atoms with Crippen molar-refractivity contribution >= 4 is 0 Å². The van der Waals surface area contributed by atoms with Gasteiger partial charge in [0.25, 0.3) is 0 Å². The number of nitrogens with zero attached hydrogens (tertiary/aromatic N) is 1. The van der Waals surface area contributed by atoms with Crippen LogP contribution in [0, 0.1) is 0 Å². The number of morpholine rings is 1. The first kappa shape index (κ1) is 13.3. The van der Waals surface area contributed by atoms with E-state index in [1.54, 1.807) is 6.92 Å². The van der Waals surface area contributed by atoms with Crippen LogP contribution in [0.5, 0.6) is 5.75 Å². The van der Waals surface area contributed by atoms with E-state index in [0.717, 1.165) is 44.2 Å². The fourth-order valence-corrected chi connectivity index (χ4v) is 1.98. The molecule has 0 aromatic heterocycles. The Morgan fingerprint density at radius 2 is 2.17 bits per heavy atom. The Hall–Kier alpha value is -1.10. The molecule has 1 unspecified atom stereocenters. The van der Waals surface area contributed by atoms with E-state index in [9.17, 15) is 5.11 Å². The Balaban J connectivity index is 1.77. The minimum absolute atomic E-state index is 0.451. The summed E-state index contributed by atoms with van der Waals surface area (Å²) < 4.78 is 11.0. The standard InChI is InChI=1S/C14H21NO3/c1-12(16)13-3-2-4-14(11-13)18-10-7-15-5-8-17-9-6-15/h2-4,11-12,16H,5-10H2,1H3. The summed E-state index contributed by atoms with van der Waals surface area (Å²) in [7, 11) is 0. The van der Waals surface area contributed by atoms with Gasteiger partial charge in [0.05, 0.1) is 19.3 Å². The largest absolute Gasteiger partial charge is 0.492 e. The second-order valence-electron chi connectivity index (χ2n) is 4.55. The molecular formula is C14H21NO3. The van der Waals surface area contributed by atoms with E-state index in [4.69, 9.17) is 9.47 Å². The zero-order valence-corrected chi connectivity index (χ0v) is 10.8. The van der Waals surface area contributed by atoms with Crippen LogP contribution in [0.4, 0.5) is 0 Å². The first-order chi connectivity index (χ1) is 8.75. The van der Waals surface area contributed by atoms with Gasteiger partial charge in [0.1, 0.15) is 12.4 Å². The van der Waals surface area contributed by atoms with Crippen LogP contribution in [0.2, 0.25) is 0 Å². The van der Waals surface area contributed by atoms with Crippen molar-refractivity contribution in [1.82, 2.24) is 4.90 Å². The van der Waals surface area contributed by atoms with Crippen LogP contribution in [0.3, 0.4) is 0 Å². The summed E-state index contributed by atoms with van der Waals surface area (Å²) in [5.41, 5.74) is 0.888. The maximum Gasteiger partial charge on any atom is 0.119 e. The van der Waals surface area contributed by atoms with Crippen molar-refractivity contribution in [3.8, 4) is 5.75 Å². The highest BCUT2D eigenvalue weighted by Gasteiger charge is 2.09. The monoisotopic (exact) mass is 251 g/mol. The molecule has 1 aromatic carbocycles. The van der Waals surface area contributed by atoms with Crippen LogP contribution in [0.25, 0.3) is 0 Å². The van der Waals surface area contributed by atoms with E-state index in [2.05, 4.69) is 4.90 Å². The molecule has 1 heterocycles. The average molecular weight is 251 g/mol. The Labute approximate surface area is 108 Å². The molecule has 0 radical (unpaired) electrons. The van der Waals surface area contributed by atoms with E-state index in [0.29, 0.717) is 6.61 Å². The molecule has 1 atom stereocenters. The summed E-state index contributed by atoms with van der Waals surface area (Å²) in [6.45, 7) is 6.95. The Morgan fingerprint density at radius 1 is 1.39 bits per heavy atom. The molecule has 18 heavy (non-hydrogen) atoms. The number of hydrogen-bond donors (Lipinski definition) is 1. The zero-order chi connectivity index (χ0) is 12.8.